The molecule has 0 saturated carbocycles. The topological polar surface area (TPSA) is 63.4 Å². The summed E-state index contributed by atoms with van der Waals surface area (Å²) in [5, 5.41) is 0. The van der Waals surface area contributed by atoms with Crippen LogP contribution in [0.15, 0.2) is 10.3 Å². The molecule has 4 nitrogen and oxygen atoms in total. The first-order valence-electron chi connectivity index (χ1n) is 5.08. The molecular weight excluding hydrogens is 244 g/mol. The van der Waals surface area contributed by atoms with Crippen LogP contribution >= 0.6 is 11.3 Å². The van der Waals surface area contributed by atoms with Crippen molar-refractivity contribution in [2.45, 2.75) is 37.6 Å². The Morgan fingerprint density at radius 3 is 2.44 bits per heavy atom. The van der Waals surface area contributed by atoms with E-state index in [0.717, 1.165) is 10.4 Å². The van der Waals surface area contributed by atoms with Gasteiger partial charge in [0.25, 0.3) is 10.0 Å². The van der Waals surface area contributed by atoms with Crippen LogP contribution in [-0.2, 0) is 16.6 Å². The molecular formula is C10H18N2O2S2. The molecule has 16 heavy (non-hydrogen) atoms. The van der Waals surface area contributed by atoms with Crippen LogP contribution in [0.5, 0.6) is 0 Å². The second kappa shape index (κ2) is 4.83. The lowest BCUT2D eigenvalue weighted by atomic mass is 10.3. The van der Waals surface area contributed by atoms with Gasteiger partial charge in [-0.3, -0.25) is 0 Å². The summed E-state index contributed by atoms with van der Waals surface area (Å²) in [6.45, 7) is 5.97. The van der Waals surface area contributed by atoms with Crippen molar-refractivity contribution < 1.29 is 8.42 Å². The second-order valence-electron chi connectivity index (χ2n) is 3.99. The number of hydrogen-bond acceptors (Lipinski definition) is 4. The van der Waals surface area contributed by atoms with Crippen LogP contribution in [0.4, 0.5) is 0 Å². The maximum Gasteiger partial charge on any atom is 0.252 e. The van der Waals surface area contributed by atoms with E-state index in [2.05, 4.69) is 0 Å². The standard InChI is InChI=1S/C10H18N2O2S2/c1-7(2)12(4)16(13,14)10-5-8(3)9(6-11)15-10/h5,7H,6,11H2,1-4H3. The van der Waals surface area contributed by atoms with E-state index in [4.69, 9.17) is 5.73 Å². The lowest BCUT2D eigenvalue weighted by Gasteiger charge is -2.19. The monoisotopic (exact) mass is 262 g/mol. The van der Waals surface area contributed by atoms with Crippen LogP contribution in [0, 0.1) is 6.92 Å². The van der Waals surface area contributed by atoms with E-state index < -0.39 is 10.0 Å². The van der Waals surface area contributed by atoms with Gasteiger partial charge >= 0.3 is 0 Å². The van der Waals surface area contributed by atoms with Gasteiger partial charge in [0, 0.05) is 24.5 Å². The molecule has 0 unspecified atom stereocenters. The Kier molecular flexibility index (Phi) is 4.12. The van der Waals surface area contributed by atoms with Crippen molar-refractivity contribution in [1.82, 2.24) is 4.31 Å². The first-order valence-corrected chi connectivity index (χ1v) is 7.33. The summed E-state index contributed by atoms with van der Waals surface area (Å²) in [6, 6.07) is 1.65. The lowest BCUT2D eigenvalue weighted by Crippen LogP contribution is -2.32. The van der Waals surface area contributed by atoms with Gasteiger partial charge in [-0.15, -0.1) is 11.3 Å². The highest BCUT2D eigenvalue weighted by Gasteiger charge is 2.25. The van der Waals surface area contributed by atoms with Gasteiger partial charge in [-0.05, 0) is 32.4 Å². The molecule has 0 radical (unpaired) electrons. The smallest absolute Gasteiger partial charge is 0.252 e. The van der Waals surface area contributed by atoms with Gasteiger partial charge in [0.05, 0.1) is 0 Å². The van der Waals surface area contributed by atoms with Crippen molar-refractivity contribution in [1.29, 1.82) is 0 Å². The molecule has 0 bridgehead atoms. The van der Waals surface area contributed by atoms with Crippen LogP contribution in [0.3, 0.4) is 0 Å². The first kappa shape index (κ1) is 13.6. The zero-order chi connectivity index (χ0) is 12.5. The molecule has 0 saturated heterocycles. The average Bonchev–Trinajstić information content (AvgIpc) is 2.58. The van der Waals surface area contributed by atoms with Gasteiger partial charge in [0.2, 0.25) is 0 Å². The minimum Gasteiger partial charge on any atom is -0.326 e. The summed E-state index contributed by atoms with van der Waals surface area (Å²) >= 11 is 1.26. The third-order valence-electron chi connectivity index (χ3n) is 2.54. The van der Waals surface area contributed by atoms with E-state index in [1.54, 1.807) is 13.1 Å². The molecule has 1 rings (SSSR count). The fraction of sp³-hybridized carbons (Fsp3) is 0.600. The Labute approximate surface area is 101 Å². The summed E-state index contributed by atoms with van der Waals surface area (Å²) in [5.74, 6) is 0. The molecule has 2 N–H and O–H groups in total. The third kappa shape index (κ3) is 2.45. The molecule has 0 amide bonds. The molecule has 0 atom stereocenters. The zero-order valence-electron chi connectivity index (χ0n) is 10.0. The highest BCUT2D eigenvalue weighted by atomic mass is 32.2. The van der Waals surface area contributed by atoms with Crippen LogP contribution in [0.25, 0.3) is 0 Å². The molecule has 0 aliphatic rings. The largest absolute Gasteiger partial charge is 0.326 e. The number of rotatable bonds is 4. The maximum atomic E-state index is 12.2. The Morgan fingerprint density at radius 2 is 2.06 bits per heavy atom. The third-order valence-corrected chi connectivity index (χ3v) is 6.29. The number of nitrogens with two attached hydrogens (primary N) is 1. The fourth-order valence-corrected chi connectivity index (χ4v) is 4.26. The summed E-state index contributed by atoms with van der Waals surface area (Å²) in [5.41, 5.74) is 6.49. The van der Waals surface area contributed by atoms with E-state index in [0.29, 0.717) is 10.8 Å². The van der Waals surface area contributed by atoms with Gasteiger partial charge < -0.3 is 5.73 Å². The molecule has 1 aromatic rings. The predicted octanol–water partition coefficient (Wildman–Crippen LogP) is 1.54. The molecule has 0 aliphatic carbocycles. The van der Waals surface area contributed by atoms with E-state index in [1.807, 2.05) is 20.8 Å². The van der Waals surface area contributed by atoms with Gasteiger partial charge in [0.1, 0.15) is 4.21 Å². The first-order chi connectivity index (χ1) is 7.30. The highest BCUT2D eigenvalue weighted by molar-refractivity contribution is 7.91. The zero-order valence-corrected chi connectivity index (χ0v) is 11.7. The number of thiophene rings is 1. The second-order valence-corrected chi connectivity index (χ2v) is 7.35. The number of aryl methyl sites for hydroxylation is 1. The van der Waals surface area contributed by atoms with Crippen LogP contribution in [0.1, 0.15) is 24.3 Å². The summed E-state index contributed by atoms with van der Waals surface area (Å²) in [4.78, 5) is 0.927. The van der Waals surface area contributed by atoms with Crippen molar-refractivity contribution in [3.8, 4) is 0 Å². The van der Waals surface area contributed by atoms with Crippen molar-refractivity contribution in [3.63, 3.8) is 0 Å². The van der Waals surface area contributed by atoms with Crippen molar-refractivity contribution in [2.75, 3.05) is 7.05 Å². The molecule has 1 heterocycles. The maximum absolute atomic E-state index is 12.2. The van der Waals surface area contributed by atoms with Crippen LogP contribution in [0.2, 0.25) is 0 Å². The van der Waals surface area contributed by atoms with Gasteiger partial charge in [-0.25, -0.2) is 8.42 Å². The molecule has 1 aromatic heterocycles. The summed E-state index contributed by atoms with van der Waals surface area (Å²) in [7, 11) is -1.76. The van der Waals surface area contributed by atoms with E-state index in [-0.39, 0.29) is 6.04 Å². The molecule has 0 fully saturated rings. The Hall–Kier alpha value is -0.430. The Bertz CT molecular complexity index is 463. The summed E-state index contributed by atoms with van der Waals surface area (Å²) in [6.07, 6.45) is 0. The molecule has 92 valence electrons. The molecule has 0 aromatic carbocycles. The Balaban J connectivity index is 3.17. The molecule has 6 heteroatoms. The predicted molar refractivity (Wildman–Crippen MR) is 67.0 cm³/mol. The van der Waals surface area contributed by atoms with Crippen LogP contribution < -0.4 is 5.73 Å². The fourth-order valence-electron chi connectivity index (χ4n) is 1.24. The average molecular weight is 262 g/mol. The highest BCUT2D eigenvalue weighted by Crippen LogP contribution is 2.28. The summed E-state index contributed by atoms with van der Waals surface area (Å²) < 4.78 is 26.1. The van der Waals surface area contributed by atoms with Gasteiger partial charge in [-0.2, -0.15) is 4.31 Å². The number of nitrogens with zero attached hydrogens (tertiary/aromatic N) is 1. The minimum absolute atomic E-state index is 0.0475. The SMILES string of the molecule is Cc1cc(S(=O)(=O)N(C)C(C)C)sc1CN. The van der Waals surface area contributed by atoms with Gasteiger partial charge in [0.15, 0.2) is 0 Å². The van der Waals surface area contributed by atoms with Crippen molar-refractivity contribution >= 4 is 21.4 Å². The van der Waals surface area contributed by atoms with Crippen molar-refractivity contribution in [3.05, 3.63) is 16.5 Å². The quantitative estimate of drug-likeness (QED) is 0.895. The van der Waals surface area contributed by atoms with Gasteiger partial charge in [-0.1, -0.05) is 0 Å². The van der Waals surface area contributed by atoms with E-state index in [9.17, 15) is 8.42 Å². The number of sulfonamides is 1. The molecule has 0 aliphatic heterocycles. The number of hydrogen-bond donors (Lipinski definition) is 1. The van der Waals surface area contributed by atoms with E-state index in [1.165, 1.54) is 15.6 Å². The Morgan fingerprint density at radius 1 is 1.50 bits per heavy atom. The molecule has 0 spiro atoms. The van der Waals surface area contributed by atoms with Crippen molar-refractivity contribution in [2.24, 2.45) is 5.73 Å². The van der Waals surface area contributed by atoms with Crippen LogP contribution in [-0.4, -0.2) is 25.8 Å². The minimum atomic E-state index is -3.35. The lowest BCUT2D eigenvalue weighted by molar-refractivity contribution is 0.412. The van der Waals surface area contributed by atoms with E-state index >= 15 is 0 Å². The normalized spacial score (nSPS) is 12.7.